The van der Waals surface area contributed by atoms with E-state index in [2.05, 4.69) is 6.92 Å². The van der Waals surface area contributed by atoms with E-state index in [4.69, 9.17) is 14.2 Å². The Morgan fingerprint density at radius 1 is 1.04 bits per heavy atom. The smallest absolute Gasteiger partial charge is 0.306 e. The third-order valence-electron chi connectivity index (χ3n) is 5.06. The molecular formula is C23H36O4. The zero-order valence-electron chi connectivity index (χ0n) is 16.9. The van der Waals surface area contributed by atoms with Crippen molar-refractivity contribution in [3.05, 3.63) is 35.9 Å². The van der Waals surface area contributed by atoms with Gasteiger partial charge in [0, 0.05) is 13.0 Å². The molecule has 0 aromatic heterocycles. The number of carbonyl (C=O) groups is 1. The minimum Gasteiger partial charge on any atom is -0.459 e. The lowest BCUT2D eigenvalue weighted by molar-refractivity contribution is -0.151. The molecule has 2 atom stereocenters. The molecule has 27 heavy (non-hydrogen) atoms. The van der Waals surface area contributed by atoms with Gasteiger partial charge >= 0.3 is 5.97 Å². The third kappa shape index (κ3) is 9.39. The minimum atomic E-state index is -0.189. The molecule has 1 fully saturated rings. The molecule has 0 unspecified atom stereocenters. The summed E-state index contributed by atoms with van der Waals surface area (Å²) in [6.07, 6.45) is 11.2. The Balaban J connectivity index is 1.61. The fourth-order valence-electron chi connectivity index (χ4n) is 3.39. The highest BCUT2D eigenvalue weighted by Gasteiger charge is 2.32. The monoisotopic (exact) mass is 376 g/mol. The van der Waals surface area contributed by atoms with Crippen LogP contribution in [0.3, 0.4) is 0 Å². The van der Waals surface area contributed by atoms with Crippen LogP contribution in [0.4, 0.5) is 0 Å². The van der Waals surface area contributed by atoms with Gasteiger partial charge in [-0.2, -0.15) is 0 Å². The second-order valence-electron chi connectivity index (χ2n) is 7.45. The van der Waals surface area contributed by atoms with Crippen LogP contribution in [-0.4, -0.2) is 31.4 Å². The van der Waals surface area contributed by atoms with Crippen molar-refractivity contribution in [2.45, 2.75) is 89.9 Å². The number of ether oxygens (including phenoxy) is 3. The first kappa shape index (κ1) is 21.9. The largest absolute Gasteiger partial charge is 0.459 e. The summed E-state index contributed by atoms with van der Waals surface area (Å²) in [6.45, 7) is 4.00. The summed E-state index contributed by atoms with van der Waals surface area (Å²) < 4.78 is 17.3. The molecule has 152 valence electrons. The summed E-state index contributed by atoms with van der Waals surface area (Å²) in [4.78, 5) is 11.5. The fourth-order valence-corrected chi connectivity index (χ4v) is 3.39. The van der Waals surface area contributed by atoms with Crippen molar-refractivity contribution in [3.63, 3.8) is 0 Å². The van der Waals surface area contributed by atoms with Crippen molar-refractivity contribution in [2.75, 3.05) is 13.2 Å². The first-order valence-corrected chi connectivity index (χ1v) is 10.7. The number of carbonyl (C=O) groups excluding carboxylic acids is 1. The van der Waals surface area contributed by atoms with E-state index in [0.717, 1.165) is 25.0 Å². The number of esters is 1. The topological polar surface area (TPSA) is 44.8 Å². The van der Waals surface area contributed by atoms with E-state index in [1.165, 1.54) is 44.9 Å². The number of cyclic esters (lactones) is 1. The lowest BCUT2D eigenvalue weighted by atomic mass is 10.1. The first-order valence-electron chi connectivity index (χ1n) is 10.7. The Hall–Kier alpha value is -1.39. The molecule has 1 saturated heterocycles. The van der Waals surface area contributed by atoms with E-state index in [1.54, 1.807) is 0 Å². The van der Waals surface area contributed by atoms with Crippen molar-refractivity contribution in [2.24, 2.45) is 0 Å². The van der Waals surface area contributed by atoms with Gasteiger partial charge in [-0.15, -0.1) is 0 Å². The molecule has 1 aliphatic heterocycles. The lowest BCUT2D eigenvalue weighted by Crippen LogP contribution is -2.33. The Bertz CT molecular complexity index is 502. The number of hydrogen-bond acceptors (Lipinski definition) is 4. The van der Waals surface area contributed by atoms with Gasteiger partial charge in [-0.25, -0.2) is 0 Å². The van der Waals surface area contributed by atoms with Crippen LogP contribution >= 0.6 is 0 Å². The Kier molecular flexibility index (Phi) is 11.1. The van der Waals surface area contributed by atoms with Gasteiger partial charge in [0.25, 0.3) is 0 Å². The Morgan fingerprint density at radius 3 is 2.41 bits per heavy atom. The van der Waals surface area contributed by atoms with Gasteiger partial charge in [0.2, 0.25) is 0 Å². The van der Waals surface area contributed by atoms with Crippen LogP contribution in [0.5, 0.6) is 0 Å². The average molecular weight is 377 g/mol. The van der Waals surface area contributed by atoms with E-state index in [1.807, 2.05) is 30.3 Å². The van der Waals surface area contributed by atoms with Crippen molar-refractivity contribution in [1.82, 2.24) is 0 Å². The molecule has 4 nitrogen and oxygen atoms in total. The molecule has 0 bridgehead atoms. The molecule has 0 saturated carbocycles. The molecule has 0 spiro atoms. The number of unbranched alkanes of at least 4 members (excludes halogenated alkanes) is 7. The van der Waals surface area contributed by atoms with Gasteiger partial charge in [0.05, 0.1) is 13.2 Å². The van der Waals surface area contributed by atoms with Gasteiger partial charge < -0.3 is 14.2 Å². The van der Waals surface area contributed by atoms with Crippen LogP contribution in [0.1, 0.15) is 76.7 Å². The van der Waals surface area contributed by atoms with Gasteiger partial charge in [0.1, 0.15) is 12.2 Å². The summed E-state index contributed by atoms with van der Waals surface area (Å²) in [6, 6.07) is 10.1. The van der Waals surface area contributed by atoms with Gasteiger partial charge in [-0.3, -0.25) is 4.79 Å². The molecule has 4 heteroatoms. The van der Waals surface area contributed by atoms with Gasteiger partial charge in [-0.1, -0.05) is 82.2 Å². The van der Waals surface area contributed by atoms with Crippen LogP contribution < -0.4 is 0 Å². The number of hydrogen-bond donors (Lipinski definition) is 0. The molecule has 2 rings (SSSR count). The highest BCUT2D eigenvalue weighted by Crippen LogP contribution is 2.21. The first-order chi connectivity index (χ1) is 13.3. The van der Waals surface area contributed by atoms with Crippen molar-refractivity contribution >= 4 is 5.97 Å². The predicted molar refractivity (Wildman–Crippen MR) is 108 cm³/mol. The maximum atomic E-state index is 11.5. The Morgan fingerprint density at radius 2 is 1.74 bits per heavy atom. The van der Waals surface area contributed by atoms with E-state index < -0.39 is 0 Å². The molecule has 0 radical (unpaired) electrons. The standard InChI is InChI=1S/C23H36O4/c1-2-3-4-5-6-7-8-12-17-25-19-22(21-15-16-23(24)27-21)26-18-20-13-10-9-11-14-20/h9-11,13-14,21-22H,2-8,12,15-19H2,1H3/t21-,22-/m1/s1. The Labute approximate surface area is 164 Å². The van der Waals surface area contributed by atoms with Crippen LogP contribution in [0.15, 0.2) is 30.3 Å². The molecule has 1 aromatic rings. The summed E-state index contributed by atoms with van der Waals surface area (Å²) in [5.41, 5.74) is 1.12. The van der Waals surface area contributed by atoms with E-state index in [9.17, 15) is 4.79 Å². The SMILES string of the molecule is CCCCCCCCCCOC[C@@H](OCc1ccccc1)[C@H]1CCC(=O)O1. The minimum absolute atomic E-state index is 0.128. The number of benzene rings is 1. The molecule has 1 aromatic carbocycles. The summed E-state index contributed by atoms with van der Waals surface area (Å²) >= 11 is 0. The molecule has 0 aliphatic carbocycles. The summed E-state index contributed by atoms with van der Waals surface area (Å²) in [7, 11) is 0. The average Bonchev–Trinajstić information content (AvgIpc) is 3.12. The summed E-state index contributed by atoms with van der Waals surface area (Å²) in [5.74, 6) is -0.128. The molecule has 0 N–H and O–H groups in total. The highest BCUT2D eigenvalue weighted by molar-refractivity contribution is 5.71. The normalized spacial score (nSPS) is 17.8. The second kappa shape index (κ2) is 13.7. The van der Waals surface area contributed by atoms with E-state index in [-0.39, 0.29) is 18.2 Å². The van der Waals surface area contributed by atoms with Crippen molar-refractivity contribution in [3.8, 4) is 0 Å². The van der Waals surface area contributed by atoms with Crippen LogP contribution in [0, 0.1) is 0 Å². The van der Waals surface area contributed by atoms with Crippen molar-refractivity contribution in [1.29, 1.82) is 0 Å². The second-order valence-corrected chi connectivity index (χ2v) is 7.45. The quantitative estimate of drug-likeness (QED) is 0.302. The van der Waals surface area contributed by atoms with Crippen LogP contribution in [0.25, 0.3) is 0 Å². The molecular weight excluding hydrogens is 340 g/mol. The molecule has 1 aliphatic rings. The maximum absolute atomic E-state index is 11.5. The highest BCUT2D eigenvalue weighted by atomic mass is 16.6. The van der Waals surface area contributed by atoms with Crippen LogP contribution in [-0.2, 0) is 25.6 Å². The summed E-state index contributed by atoms with van der Waals surface area (Å²) in [5, 5.41) is 0. The lowest BCUT2D eigenvalue weighted by Gasteiger charge is -2.23. The number of rotatable bonds is 15. The van der Waals surface area contributed by atoms with E-state index in [0.29, 0.717) is 19.6 Å². The molecule has 1 heterocycles. The zero-order chi connectivity index (χ0) is 19.2. The van der Waals surface area contributed by atoms with Gasteiger partial charge in [-0.05, 0) is 18.4 Å². The maximum Gasteiger partial charge on any atom is 0.306 e. The third-order valence-corrected chi connectivity index (χ3v) is 5.06. The van der Waals surface area contributed by atoms with Crippen molar-refractivity contribution < 1.29 is 19.0 Å². The predicted octanol–water partition coefficient (Wildman–Crippen LogP) is 5.43. The van der Waals surface area contributed by atoms with Crippen LogP contribution in [0.2, 0.25) is 0 Å². The van der Waals surface area contributed by atoms with Gasteiger partial charge in [0.15, 0.2) is 0 Å². The fraction of sp³-hybridized carbons (Fsp3) is 0.696. The molecule has 0 amide bonds. The van der Waals surface area contributed by atoms with E-state index >= 15 is 0 Å². The zero-order valence-corrected chi connectivity index (χ0v) is 16.9.